The predicted octanol–water partition coefficient (Wildman–Crippen LogP) is 5.03. The van der Waals surface area contributed by atoms with E-state index in [0.29, 0.717) is 15.1 Å². The Balaban J connectivity index is 1.90. The molecule has 0 saturated carbocycles. The van der Waals surface area contributed by atoms with E-state index in [1.807, 2.05) is 24.3 Å². The number of hydrogen-bond acceptors (Lipinski definition) is 3. The van der Waals surface area contributed by atoms with Crippen molar-refractivity contribution in [2.45, 2.75) is 6.42 Å². The summed E-state index contributed by atoms with van der Waals surface area (Å²) in [6.45, 7) is 0. The van der Waals surface area contributed by atoms with Gasteiger partial charge < -0.3 is 0 Å². The van der Waals surface area contributed by atoms with Crippen molar-refractivity contribution < 1.29 is 4.79 Å². The zero-order chi connectivity index (χ0) is 14.1. The number of fused-ring (bicyclic) bond motifs is 1. The van der Waals surface area contributed by atoms with Gasteiger partial charge in [-0.2, -0.15) is 0 Å². The van der Waals surface area contributed by atoms with Gasteiger partial charge in [0.25, 0.3) is 0 Å². The van der Waals surface area contributed by atoms with Crippen LogP contribution in [0.4, 0.5) is 0 Å². The van der Waals surface area contributed by atoms with Gasteiger partial charge in [0, 0.05) is 16.5 Å². The second-order valence-electron chi connectivity index (χ2n) is 4.32. The van der Waals surface area contributed by atoms with Gasteiger partial charge in [-0.25, -0.2) is 4.98 Å². The van der Waals surface area contributed by atoms with Gasteiger partial charge in [0.2, 0.25) is 0 Å². The van der Waals surface area contributed by atoms with Gasteiger partial charge in [0.15, 0.2) is 10.8 Å². The van der Waals surface area contributed by atoms with E-state index < -0.39 is 0 Å². The average Bonchev–Trinajstić information content (AvgIpc) is 2.87. The molecule has 0 aliphatic carbocycles. The molecule has 100 valence electrons. The van der Waals surface area contributed by atoms with Gasteiger partial charge in [-0.05, 0) is 35.9 Å². The molecule has 1 aromatic heterocycles. The molecule has 0 fully saturated rings. The summed E-state index contributed by atoms with van der Waals surface area (Å²) in [4.78, 5) is 16.6. The van der Waals surface area contributed by atoms with Crippen LogP contribution < -0.4 is 0 Å². The van der Waals surface area contributed by atoms with Crippen LogP contribution in [-0.4, -0.2) is 10.8 Å². The maximum absolute atomic E-state index is 12.3. The molecule has 0 N–H and O–H groups in total. The number of thiazole rings is 1. The summed E-state index contributed by atoms with van der Waals surface area (Å²) in [5.74, 6) is -0.0460. The quantitative estimate of drug-likeness (QED) is 0.633. The minimum absolute atomic E-state index is 0.0460. The number of carbonyl (C=O) groups excluding carboxylic acids is 1. The second-order valence-corrected chi connectivity index (χ2v) is 6.20. The lowest BCUT2D eigenvalue weighted by Crippen LogP contribution is -2.03. The summed E-state index contributed by atoms with van der Waals surface area (Å²) < 4.78 is 1.01. The molecule has 0 amide bonds. The third-order valence-electron chi connectivity index (χ3n) is 2.89. The van der Waals surface area contributed by atoms with Gasteiger partial charge in [-0.15, -0.1) is 11.3 Å². The number of rotatable bonds is 3. The summed E-state index contributed by atoms with van der Waals surface area (Å²) in [5, 5.41) is 1.62. The summed E-state index contributed by atoms with van der Waals surface area (Å²) >= 11 is 13.4. The van der Waals surface area contributed by atoms with Crippen LogP contribution >= 0.6 is 34.5 Å². The van der Waals surface area contributed by atoms with Crippen LogP contribution in [-0.2, 0) is 6.42 Å². The van der Waals surface area contributed by atoms with E-state index in [1.165, 1.54) is 11.3 Å². The number of halogens is 2. The molecule has 0 bridgehead atoms. The van der Waals surface area contributed by atoms with Crippen molar-refractivity contribution in [2.75, 3.05) is 0 Å². The first-order valence-electron chi connectivity index (χ1n) is 5.96. The van der Waals surface area contributed by atoms with E-state index in [-0.39, 0.29) is 12.2 Å². The minimum Gasteiger partial charge on any atom is -0.291 e. The predicted molar refractivity (Wildman–Crippen MR) is 84.1 cm³/mol. The van der Waals surface area contributed by atoms with Gasteiger partial charge in [0.05, 0.1) is 10.2 Å². The van der Waals surface area contributed by atoms with Gasteiger partial charge in [-0.3, -0.25) is 4.79 Å². The van der Waals surface area contributed by atoms with Crippen molar-refractivity contribution in [2.24, 2.45) is 0 Å². The maximum Gasteiger partial charge on any atom is 0.195 e. The fourth-order valence-corrected chi connectivity index (χ4v) is 3.20. The van der Waals surface area contributed by atoms with Gasteiger partial charge in [-0.1, -0.05) is 35.3 Å². The number of nitrogens with zero attached hydrogens (tertiary/aromatic N) is 1. The normalized spacial score (nSPS) is 10.9. The van der Waals surface area contributed by atoms with E-state index in [9.17, 15) is 4.79 Å². The molecule has 0 atom stereocenters. The van der Waals surface area contributed by atoms with Crippen molar-refractivity contribution in [3.63, 3.8) is 0 Å². The Labute approximate surface area is 130 Å². The molecule has 0 saturated heterocycles. The smallest absolute Gasteiger partial charge is 0.195 e. The topological polar surface area (TPSA) is 30.0 Å². The first kappa shape index (κ1) is 13.6. The summed E-state index contributed by atoms with van der Waals surface area (Å²) in [5.41, 5.74) is 1.57. The van der Waals surface area contributed by atoms with Crippen molar-refractivity contribution in [3.05, 3.63) is 63.1 Å². The number of para-hydroxylation sites is 1. The van der Waals surface area contributed by atoms with Crippen molar-refractivity contribution in [3.8, 4) is 0 Å². The Hall–Kier alpha value is -1.42. The number of aromatic nitrogens is 1. The monoisotopic (exact) mass is 321 g/mol. The zero-order valence-electron chi connectivity index (χ0n) is 10.3. The summed E-state index contributed by atoms with van der Waals surface area (Å²) in [6.07, 6.45) is 0.208. The van der Waals surface area contributed by atoms with Crippen LogP contribution in [0, 0.1) is 0 Å². The van der Waals surface area contributed by atoms with Crippen LogP contribution in [0.5, 0.6) is 0 Å². The molecule has 0 aliphatic heterocycles. The Kier molecular flexibility index (Phi) is 3.74. The van der Waals surface area contributed by atoms with Gasteiger partial charge in [0.1, 0.15) is 0 Å². The van der Waals surface area contributed by atoms with Crippen LogP contribution in [0.1, 0.15) is 15.4 Å². The molecule has 0 radical (unpaired) electrons. The van der Waals surface area contributed by atoms with Crippen LogP contribution in [0.25, 0.3) is 10.2 Å². The first-order chi connectivity index (χ1) is 9.63. The number of ketones is 1. The third kappa shape index (κ3) is 2.70. The molecule has 0 spiro atoms. The minimum atomic E-state index is -0.0460. The van der Waals surface area contributed by atoms with E-state index in [0.717, 1.165) is 15.8 Å². The van der Waals surface area contributed by atoms with Crippen molar-refractivity contribution in [1.29, 1.82) is 0 Å². The zero-order valence-corrected chi connectivity index (χ0v) is 12.6. The fourth-order valence-electron chi connectivity index (χ4n) is 1.92. The lowest BCUT2D eigenvalue weighted by molar-refractivity contribution is 0.0993. The number of Topliss-reactive ketones (excluding diaryl/α,β-unsaturated/α-hetero) is 1. The second kappa shape index (κ2) is 5.52. The molecule has 3 aromatic rings. The van der Waals surface area contributed by atoms with Gasteiger partial charge >= 0.3 is 0 Å². The number of benzene rings is 2. The van der Waals surface area contributed by atoms with E-state index in [2.05, 4.69) is 4.98 Å². The molecule has 20 heavy (non-hydrogen) atoms. The molecule has 0 aliphatic rings. The Bertz CT molecular complexity index is 764. The van der Waals surface area contributed by atoms with E-state index in [1.54, 1.807) is 18.2 Å². The van der Waals surface area contributed by atoms with E-state index >= 15 is 0 Å². The number of carbonyl (C=O) groups is 1. The maximum atomic E-state index is 12.3. The average molecular weight is 322 g/mol. The largest absolute Gasteiger partial charge is 0.291 e. The third-order valence-corrected chi connectivity index (χ3v) is 4.57. The SMILES string of the molecule is O=C(Cc1cc(Cl)ccc1Cl)c1nc2ccccc2s1. The molecule has 2 aromatic carbocycles. The summed E-state index contributed by atoms with van der Waals surface area (Å²) in [7, 11) is 0. The Morgan fingerprint density at radius 1 is 1.15 bits per heavy atom. The highest BCUT2D eigenvalue weighted by Gasteiger charge is 2.14. The fraction of sp³-hybridized carbons (Fsp3) is 0.0667. The van der Waals surface area contributed by atoms with Crippen LogP contribution in [0.15, 0.2) is 42.5 Å². The first-order valence-corrected chi connectivity index (χ1v) is 7.53. The Morgan fingerprint density at radius 3 is 2.75 bits per heavy atom. The molecular formula is C15H9Cl2NOS. The molecular weight excluding hydrogens is 313 g/mol. The lowest BCUT2D eigenvalue weighted by atomic mass is 10.1. The van der Waals surface area contributed by atoms with Crippen molar-refractivity contribution in [1.82, 2.24) is 4.98 Å². The molecule has 1 heterocycles. The molecule has 0 unspecified atom stereocenters. The Morgan fingerprint density at radius 2 is 1.95 bits per heavy atom. The standard InChI is InChI=1S/C15H9Cl2NOS/c16-10-5-6-11(17)9(7-10)8-13(19)15-18-12-3-1-2-4-14(12)20-15/h1-7H,8H2. The summed E-state index contributed by atoms with van der Waals surface area (Å²) in [6, 6.07) is 12.8. The molecule has 3 rings (SSSR count). The number of hydrogen-bond donors (Lipinski definition) is 0. The van der Waals surface area contributed by atoms with E-state index in [4.69, 9.17) is 23.2 Å². The highest BCUT2D eigenvalue weighted by Crippen LogP contribution is 2.25. The molecule has 2 nitrogen and oxygen atoms in total. The highest BCUT2D eigenvalue weighted by molar-refractivity contribution is 7.20. The van der Waals surface area contributed by atoms with Crippen LogP contribution in [0.2, 0.25) is 10.0 Å². The lowest BCUT2D eigenvalue weighted by Gasteiger charge is -2.02. The van der Waals surface area contributed by atoms with Crippen LogP contribution in [0.3, 0.4) is 0 Å². The molecule has 5 heteroatoms. The van der Waals surface area contributed by atoms with Crippen molar-refractivity contribution >= 4 is 50.5 Å². The highest BCUT2D eigenvalue weighted by atomic mass is 35.5.